The van der Waals surface area contributed by atoms with E-state index >= 15 is 0 Å². The zero-order chi connectivity index (χ0) is 17.5. The Kier molecular flexibility index (Phi) is 6.75. The summed E-state index contributed by atoms with van der Waals surface area (Å²) in [5, 5.41) is 16.2. The van der Waals surface area contributed by atoms with Gasteiger partial charge in [0.25, 0.3) is 0 Å². The molecule has 6 heteroatoms. The second-order valence-corrected chi connectivity index (χ2v) is 6.84. The van der Waals surface area contributed by atoms with Gasteiger partial charge in [-0.3, -0.25) is 0 Å². The summed E-state index contributed by atoms with van der Waals surface area (Å²) in [5.74, 6) is 0. The van der Waals surface area contributed by atoms with Crippen molar-refractivity contribution in [3.63, 3.8) is 0 Å². The van der Waals surface area contributed by atoms with E-state index in [4.69, 9.17) is 0 Å². The largest absolute Gasteiger partial charge is 0.393 e. The van der Waals surface area contributed by atoms with E-state index in [0.29, 0.717) is 19.4 Å². The van der Waals surface area contributed by atoms with Crippen molar-refractivity contribution in [2.24, 2.45) is 0 Å². The highest BCUT2D eigenvalue weighted by molar-refractivity contribution is 7.15. The van der Waals surface area contributed by atoms with E-state index in [1.165, 1.54) is 0 Å². The Bertz CT molecular complexity index is 658. The summed E-state index contributed by atoms with van der Waals surface area (Å²) in [6.45, 7) is 6.30. The molecule has 1 heterocycles. The van der Waals surface area contributed by atoms with Crippen LogP contribution in [0.25, 0.3) is 10.6 Å². The highest BCUT2D eigenvalue weighted by Crippen LogP contribution is 2.31. The number of hydrogen-bond donors (Lipinski definition) is 3. The van der Waals surface area contributed by atoms with Gasteiger partial charge in [-0.1, -0.05) is 37.3 Å². The number of aromatic nitrogens is 1. The van der Waals surface area contributed by atoms with Crippen LogP contribution in [0.15, 0.2) is 30.3 Å². The molecule has 0 fully saturated rings. The third-order valence-electron chi connectivity index (χ3n) is 3.83. The van der Waals surface area contributed by atoms with Crippen molar-refractivity contribution in [3.05, 3.63) is 40.9 Å². The van der Waals surface area contributed by atoms with Gasteiger partial charge in [0, 0.05) is 12.1 Å². The molecule has 0 radical (unpaired) electrons. The Hall–Kier alpha value is -1.92. The SMILES string of the molecule is CCC(O)CCNC(=O)NC(C)c1sc(-c2ccccc2)nc1C. The molecule has 0 aliphatic carbocycles. The van der Waals surface area contributed by atoms with Gasteiger partial charge >= 0.3 is 6.03 Å². The van der Waals surface area contributed by atoms with Crippen LogP contribution < -0.4 is 10.6 Å². The number of hydrogen-bond acceptors (Lipinski definition) is 4. The highest BCUT2D eigenvalue weighted by Gasteiger charge is 2.17. The normalized spacial score (nSPS) is 13.3. The number of rotatable bonds is 7. The molecule has 1 aromatic carbocycles. The Balaban J connectivity index is 1.94. The van der Waals surface area contributed by atoms with Gasteiger partial charge in [0.2, 0.25) is 0 Å². The topological polar surface area (TPSA) is 74.2 Å². The molecule has 2 atom stereocenters. The predicted molar refractivity (Wildman–Crippen MR) is 98.2 cm³/mol. The summed E-state index contributed by atoms with van der Waals surface area (Å²) < 4.78 is 0. The van der Waals surface area contributed by atoms with Crippen molar-refractivity contribution in [1.29, 1.82) is 0 Å². The molecule has 1 aromatic heterocycles. The van der Waals surface area contributed by atoms with Crippen molar-refractivity contribution in [2.75, 3.05) is 6.54 Å². The van der Waals surface area contributed by atoms with E-state index in [1.807, 2.05) is 51.1 Å². The molecule has 5 nitrogen and oxygen atoms in total. The monoisotopic (exact) mass is 347 g/mol. The number of urea groups is 1. The van der Waals surface area contributed by atoms with Crippen LogP contribution in [-0.2, 0) is 0 Å². The minimum atomic E-state index is -0.361. The van der Waals surface area contributed by atoms with E-state index in [0.717, 1.165) is 21.1 Å². The molecule has 130 valence electrons. The number of benzene rings is 1. The van der Waals surface area contributed by atoms with Gasteiger partial charge in [0.15, 0.2) is 0 Å². The van der Waals surface area contributed by atoms with Crippen LogP contribution in [-0.4, -0.2) is 28.8 Å². The maximum atomic E-state index is 12.0. The Morgan fingerprint density at radius 3 is 2.71 bits per heavy atom. The lowest BCUT2D eigenvalue weighted by Gasteiger charge is -2.14. The lowest BCUT2D eigenvalue weighted by Crippen LogP contribution is -2.38. The van der Waals surface area contributed by atoms with Crippen molar-refractivity contribution < 1.29 is 9.90 Å². The molecule has 2 amide bonds. The molecular weight excluding hydrogens is 322 g/mol. The van der Waals surface area contributed by atoms with Gasteiger partial charge in [-0.2, -0.15) is 0 Å². The molecule has 2 rings (SSSR count). The van der Waals surface area contributed by atoms with Gasteiger partial charge < -0.3 is 15.7 Å². The van der Waals surface area contributed by atoms with Crippen LogP contribution in [0, 0.1) is 6.92 Å². The number of carbonyl (C=O) groups excluding carboxylic acids is 1. The zero-order valence-electron chi connectivity index (χ0n) is 14.4. The van der Waals surface area contributed by atoms with E-state index in [1.54, 1.807) is 11.3 Å². The number of aliphatic hydroxyl groups is 1. The number of nitrogens with zero attached hydrogens (tertiary/aromatic N) is 1. The summed E-state index contributed by atoms with van der Waals surface area (Å²) in [5.41, 5.74) is 2.02. The third-order valence-corrected chi connectivity index (χ3v) is 5.22. The van der Waals surface area contributed by atoms with Crippen LogP contribution in [0.3, 0.4) is 0 Å². The first-order valence-corrected chi connectivity index (χ1v) is 9.08. The maximum absolute atomic E-state index is 12.0. The average molecular weight is 347 g/mol. The second-order valence-electron chi connectivity index (χ2n) is 5.81. The van der Waals surface area contributed by atoms with Crippen LogP contribution in [0.2, 0.25) is 0 Å². The number of thiazole rings is 1. The lowest BCUT2D eigenvalue weighted by molar-refractivity contribution is 0.160. The van der Waals surface area contributed by atoms with Crippen LogP contribution in [0.5, 0.6) is 0 Å². The molecule has 0 spiro atoms. The van der Waals surface area contributed by atoms with Gasteiger partial charge in [0.1, 0.15) is 5.01 Å². The fraction of sp³-hybridized carbons (Fsp3) is 0.444. The number of aliphatic hydroxyl groups excluding tert-OH is 1. The first-order chi connectivity index (χ1) is 11.5. The van der Waals surface area contributed by atoms with Gasteiger partial charge in [-0.25, -0.2) is 9.78 Å². The van der Waals surface area contributed by atoms with Gasteiger partial charge in [-0.05, 0) is 26.7 Å². The molecule has 2 aromatic rings. The summed E-state index contributed by atoms with van der Waals surface area (Å²) >= 11 is 1.60. The van der Waals surface area contributed by atoms with E-state index in [-0.39, 0.29) is 18.2 Å². The Morgan fingerprint density at radius 1 is 1.33 bits per heavy atom. The molecule has 2 unspecified atom stereocenters. The number of carbonyl (C=O) groups is 1. The summed E-state index contributed by atoms with van der Waals surface area (Å²) in [6.07, 6.45) is 0.901. The molecule has 3 N–H and O–H groups in total. The first-order valence-electron chi connectivity index (χ1n) is 8.26. The number of nitrogens with one attached hydrogen (secondary N) is 2. The molecule has 0 saturated carbocycles. The Morgan fingerprint density at radius 2 is 2.04 bits per heavy atom. The molecule has 0 aliphatic rings. The van der Waals surface area contributed by atoms with Gasteiger partial charge in [0.05, 0.1) is 22.7 Å². The van der Waals surface area contributed by atoms with Crippen LogP contribution in [0.4, 0.5) is 4.79 Å². The number of amides is 2. The standard InChI is InChI=1S/C18H25N3O2S/c1-4-15(22)10-11-19-18(23)21-13(3)16-12(2)20-17(24-16)14-8-6-5-7-9-14/h5-9,13,15,22H,4,10-11H2,1-3H3,(H2,19,21,23). The highest BCUT2D eigenvalue weighted by atomic mass is 32.1. The van der Waals surface area contributed by atoms with E-state index in [2.05, 4.69) is 15.6 Å². The fourth-order valence-corrected chi connectivity index (χ4v) is 3.46. The minimum Gasteiger partial charge on any atom is -0.393 e. The number of aryl methyl sites for hydroxylation is 1. The molecule has 24 heavy (non-hydrogen) atoms. The Labute approximate surface area is 147 Å². The zero-order valence-corrected chi connectivity index (χ0v) is 15.2. The fourth-order valence-electron chi connectivity index (χ4n) is 2.38. The molecule has 0 bridgehead atoms. The van der Waals surface area contributed by atoms with E-state index < -0.39 is 0 Å². The minimum absolute atomic E-state index is 0.115. The lowest BCUT2D eigenvalue weighted by atomic mass is 10.2. The maximum Gasteiger partial charge on any atom is 0.315 e. The molecule has 0 saturated heterocycles. The quantitative estimate of drug-likeness (QED) is 0.716. The second kappa shape index (κ2) is 8.80. The molecule has 0 aliphatic heterocycles. The predicted octanol–water partition coefficient (Wildman–Crippen LogP) is 3.64. The summed E-state index contributed by atoms with van der Waals surface area (Å²) in [4.78, 5) is 17.6. The van der Waals surface area contributed by atoms with Crippen molar-refractivity contribution in [1.82, 2.24) is 15.6 Å². The first kappa shape index (κ1) is 18.4. The van der Waals surface area contributed by atoms with E-state index in [9.17, 15) is 9.90 Å². The summed E-state index contributed by atoms with van der Waals surface area (Å²) in [7, 11) is 0. The molecular formula is C18H25N3O2S. The smallest absolute Gasteiger partial charge is 0.315 e. The van der Waals surface area contributed by atoms with Crippen molar-refractivity contribution in [3.8, 4) is 10.6 Å². The van der Waals surface area contributed by atoms with Crippen LogP contribution >= 0.6 is 11.3 Å². The third kappa shape index (κ3) is 5.04. The van der Waals surface area contributed by atoms with Crippen molar-refractivity contribution >= 4 is 17.4 Å². The summed E-state index contributed by atoms with van der Waals surface area (Å²) in [6, 6.07) is 9.69. The van der Waals surface area contributed by atoms with Crippen molar-refractivity contribution in [2.45, 2.75) is 45.8 Å². The van der Waals surface area contributed by atoms with Gasteiger partial charge in [-0.15, -0.1) is 11.3 Å². The van der Waals surface area contributed by atoms with Crippen LogP contribution in [0.1, 0.15) is 43.3 Å². The average Bonchev–Trinajstić information content (AvgIpc) is 2.97.